The highest BCUT2D eigenvalue weighted by molar-refractivity contribution is 5.89. The maximum Gasteiger partial charge on any atom is 0.242 e. The highest BCUT2D eigenvalue weighted by Crippen LogP contribution is 2.34. The van der Waals surface area contributed by atoms with Gasteiger partial charge in [0.2, 0.25) is 5.91 Å². The number of methoxy groups -OCH3 is 1. The molecule has 86 valence electrons. The van der Waals surface area contributed by atoms with Crippen LogP contribution >= 0.6 is 0 Å². The molecule has 1 unspecified atom stereocenters. The minimum Gasteiger partial charge on any atom is -0.382 e. The van der Waals surface area contributed by atoms with E-state index in [1.807, 2.05) is 0 Å². The molecule has 0 spiro atoms. The molecule has 0 aromatic rings. The van der Waals surface area contributed by atoms with Crippen LogP contribution in [0.3, 0.4) is 0 Å². The Morgan fingerprint density at radius 3 is 3.00 bits per heavy atom. The zero-order valence-electron chi connectivity index (χ0n) is 9.07. The summed E-state index contributed by atoms with van der Waals surface area (Å²) in [4.78, 5) is 13.7. The zero-order valence-corrected chi connectivity index (χ0v) is 9.07. The summed E-state index contributed by atoms with van der Waals surface area (Å²) >= 11 is 0. The first-order chi connectivity index (χ1) is 7.15. The van der Waals surface area contributed by atoms with Crippen molar-refractivity contribution in [1.82, 2.24) is 4.90 Å². The van der Waals surface area contributed by atoms with Gasteiger partial charge in [0.05, 0.1) is 24.9 Å². The van der Waals surface area contributed by atoms with Crippen molar-refractivity contribution in [2.45, 2.75) is 24.5 Å². The molecule has 2 rings (SSSR count). The van der Waals surface area contributed by atoms with Gasteiger partial charge in [-0.25, -0.2) is 0 Å². The molecule has 1 saturated carbocycles. The number of morpholine rings is 1. The van der Waals surface area contributed by atoms with Gasteiger partial charge in [-0.3, -0.25) is 4.79 Å². The summed E-state index contributed by atoms with van der Waals surface area (Å²) < 4.78 is 10.5. The molecule has 2 fully saturated rings. The van der Waals surface area contributed by atoms with E-state index >= 15 is 0 Å². The summed E-state index contributed by atoms with van der Waals surface area (Å²) in [5.41, 5.74) is 5.32. The molecule has 0 aromatic heterocycles. The predicted molar refractivity (Wildman–Crippen MR) is 54.3 cm³/mol. The monoisotopic (exact) mass is 214 g/mol. The second-order valence-corrected chi connectivity index (χ2v) is 4.36. The van der Waals surface area contributed by atoms with Gasteiger partial charge in [-0.2, -0.15) is 0 Å². The Balaban J connectivity index is 1.89. The number of hydrogen-bond acceptors (Lipinski definition) is 4. The van der Waals surface area contributed by atoms with Crippen molar-refractivity contribution in [1.29, 1.82) is 0 Å². The normalized spacial score (nSPS) is 28.9. The first-order valence-corrected chi connectivity index (χ1v) is 5.34. The summed E-state index contributed by atoms with van der Waals surface area (Å²) in [6.07, 6.45) is 1.63. The first-order valence-electron chi connectivity index (χ1n) is 5.34. The highest BCUT2D eigenvalue weighted by atomic mass is 16.5. The maximum atomic E-state index is 11.9. The number of ether oxygens (including phenoxy) is 2. The van der Waals surface area contributed by atoms with E-state index in [0.717, 1.165) is 12.8 Å². The molecule has 1 aliphatic heterocycles. The minimum absolute atomic E-state index is 0.00458. The Labute approximate surface area is 89.5 Å². The molecule has 2 N–H and O–H groups in total. The van der Waals surface area contributed by atoms with Gasteiger partial charge >= 0.3 is 0 Å². The molecule has 0 aromatic carbocycles. The van der Waals surface area contributed by atoms with E-state index in [1.165, 1.54) is 0 Å². The molecular weight excluding hydrogens is 196 g/mol. The standard InChI is InChI=1S/C10H18N2O3/c1-14-7-8-6-12(4-5-15-8)9(13)10(11)2-3-10/h8H,2-7,11H2,1H3. The number of nitrogens with two attached hydrogens (primary N) is 1. The van der Waals surface area contributed by atoms with Crippen LogP contribution in [0.4, 0.5) is 0 Å². The predicted octanol–water partition coefficient (Wildman–Crippen LogP) is -0.648. The van der Waals surface area contributed by atoms with Crippen molar-refractivity contribution in [3.05, 3.63) is 0 Å². The first kappa shape index (κ1) is 10.9. The molecule has 0 radical (unpaired) electrons. The number of hydrogen-bond donors (Lipinski definition) is 1. The highest BCUT2D eigenvalue weighted by Gasteiger charge is 2.48. The second kappa shape index (κ2) is 4.08. The third-order valence-electron chi connectivity index (χ3n) is 2.99. The van der Waals surface area contributed by atoms with Crippen molar-refractivity contribution in [2.75, 3.05) is 33.4 Å². The lowest BCUT2D eigenvalue weighted by Crippen LogP contribution is -2.53. The molecule has 5 heteroatoms. The van der Waals surface area contributed by atoms with Crippen molar-refractivity contribution in [2.24, 2.45) is 5.73 Å². The fourth-order valence-corrected chi connectivity index (χ4v) is 1.85. The number of carbonyl (C=O) groups is 1. The zero-order chi connectivity index (χ0) is 10.9. The summed E-state index contributed by atoms with van der Waals surface area (Å²) in [6, 6.07) is 0. The average molecular weight is 214 g/mol. The number of amides is 1. The minimum atomic E-state index is -0.561. The fourth-order valence-electron chi connectivity index (χ4n) is 1.85. The quantitative estimate of drug-likeness (QED) is 0.678. The molecule has 1 aliphatic carbocycles. The van der Waals surface area contributed by atoms with Gasteiger partial charge in [0.25, 0.3) is 0 Å². The van der Waals surface area contributed by atoms with E-state index in [-0.39, 0.29) is 12.0 Å². The van der Waals surface area contributed by atoms with Crippen LogP contribution in [0.15, 0.2) is 0 Å². The van der Waals surface area contributed by atoms with Crippen LogP contribution in [0.1, 0.15) is 12.8 Å². The van der Waals surface area contributed by atoms with E-state index < -0.39 is 5.54 Å². The van der Waals surface area contributed by atoms with Crippen LogP contribution in [0.25, 0.3) is 0 Å². The van der Waals surface area contributed by atoms with Crippen molar-refractivity contribution in [3.8, 4) is 0 Å². The molecule has 15 heavy (non-hydrogen) atoms. The third-order valence-corrected chi connectivity index (χ3v) is 2.99. The molecular formula is C10H18N2O3. The average Bonchev–Trinajstić information content (AvgIpc) is 2.98. The van der Waals surface area contributed by atoms with Crippen LogP contribution in [0, 0.1) is 0 Å². The van der Waals surface area contributed by atoms with E-state index in [2.05, 4.69) is 0 Å². The molecule has 1 amide bonds. The lowest BCUT2D eigenvalue weighted by atomic mass is 10.2. The molecule has 0 bridgehead atoms. The summed E-state index contributed by atoms with van der Waals surface area (Å²) in [5.74, 6) is 0.0758. The van der Waals surface area contributed by atoms with Gasteiger partial charge in [-0.15, -0.1) is 0 Å². The number of rotatable bonds is 3. The lowest BCUT2D eigenvalue weighted by Gasteiger charge is -2.34. The van der Waals surface area contributed by atoms with Crippen molar-refractivity contribution >= 4 is 5.91 Å². The van der Waals surface area contributed by atoms with Crippen LogP contribution < -0.4 is 5.73 Å². The SMILES string of the molecule is COCC1CN(C(=O)C2(N)CC2)CCO1. The molecule has 5 nitrogen and oxygen atoms in total. The van der Waals surface area contributed by atoms with Gasteiger partial charge in [-0.1, -0.05) is 0 Å². The van der Waals surface area contributed by atoms with Crippen molar-refractivity contribution in [3.63, 3.8) is 0 Å². The lowest BCUT2D eigenvalue weighted by molar-refractivity contribution is -0.143. The fraction of sp³-hybridized carbons (Fsp3) is 0.900. The largest absolute Gasteiger partial charge is 0.382 e. The van der Waals surface area contributed by atoms with E-state index in [9.17, 15) is 4.79 Å². The van der Waals surface area contributed by atoms with Gasteiger partial charge in [0.1, 0.15) is 0 Å². The van der Waals surface area contributed by atoms with E-state index in [4.69, 9.17) is 15.2 Å². The summed E-state index contributed by atoms with van der Waals surface area (Å²) in [7, 11) is 1.63. The molecule has 1 heterocycles. The Bertz CT molecular complexity index is 251. The second-order valence-electron chi connectivity index (χ2n) is 4.36. The Morgan fingerprint density at radius 1 is 1.67 bits per heavy atom. The van der Waals surface area contributed by atoms with Crippen LogP contribution in [0.2, 0.25) is 0 Å². The van der Waals surface area contributed by atoms with Gasteiger partial charge in [-0.05, 0) is 12.8 Å². The van der Waals surface area contributed by atoms with Gasteiger partial charge in [0, 0.05) is 20.2 Å². The Hall–Kier alpha value is -0.650. The van der Waals surface area contributed by atoms with Gasteiger partial charge in [0.15, 0.2) is 0 Å². The smallest absolute Gasteiger partial charge is 0.242 e. The molecule has 1 atom stereocenters. The third kappa shape index (κ3) is 2.30. The maximum absolute atomic E-state index is 11.9. The molecule has 2 aliphatic rings. The summed E-state index contributed by atoms with van der Waals surface area (Å²) in [6.45, 7) is 2.36. The van der Waals surface area contributed by atoms with Gasteiger partial charge < -0.3 is 20.1 Å². The van der Waals surface area contributed by atoms with Crippen LogP contribution in [-0.4, -0.2) is 55.9 Å². The Morgan fingerprint density at radius 2 is 2.40 bits per heavy atom. The Kier molecular flexibility index (Phi) is 2.95. The molecule has 1 saturated heterocycles. The topological polar surface area (TPSA) is 64.8 Å². The van der Waals surface area contributed by atoms with Crippen LogP contribution in [-0.2, 0) is 14.3 Å². The van der Waals surface area contributed by atoms with Crippen molar-refractivity contribution < 1.29 is 14.3 Å². The number of carbonyl (C=O) groups excluding carboxylic acids is 1. The summed E-state index contributed by atoms with van der Waals surface area (Å²) in [5, 5.41) is 0. The van der Waals surface area contributed by atoms with E-state index in [0.29, 0.717) is 26.3 Å². The van der Waals surface area contributed by atoms with E-state index in [1.54, 1.807) is 12.0 Å². The van der Waals surface area contributed by atoms with Crippen LogP contribution in [0.5, 0.6) is 0 Å². The number of nitrogens with zero attached hydrogens (tertiary/aromatic N) is 1.